The van der Waals surface area contributed by atoms with Gasteiger partial charge in [0.15, 0.2) is 0 Å². The lowest BCUT2D eigenvalue weighted by molar-refractivity contribution is -0.137. The molecular weight excluding hydrogens is 291 g/mol. The van der Waals surface area contributed by atoms with E-state index >= 15 is 0 Å². The van der Waals surface area contributed by atoms with Crippen LogP contribution in [0.4, 0.5) is 24.5 Å². The third kappa shape index (κ3) is 3.16. The molecule has 122 valence electrons. The average Bonchev–Trinajstić information content (AvgIpc) is 3.01. The summed E-state index contributed by atoms with van der Waals surface area (Å²) in [5.41, 5.74) is 1.15. The summed E-state index contributed by atoms with van der Waals surface area (Å²) in [6, 6.07) is 4.20. The molecule has 2 aliphatic rings. The zero-order valence-corrected chi connectivity index (χ0v) is 12.9. The summed E-state index contributed by atoms with van der Waals surface area (Å²) in [7, 11) is 2.07. The molecule has 0 radical (unpaired) electrons. The second kappa shape index (κ2) is 5.99. The van der Waals surface area contributed by atoms with E-state index in [0.717, 1.165) is 63.5 Å². The SMILES string of the molecule is CN1CCN(c2ccc(C(F)(F)F)cc2N2CCCC2)CC1. The molecule has 2 saturated heterocycles. The molecule has 0 aromatic heterocycles. The van der Waals surface area contributed by atoms with Gasteiger partial charge in [-0.1, -0.05) is 0 Å². The molecule has 0 spiro atoms. The quantitative estimate of drug-likeness (QED) is 0.831. The first-order valence-corrected chi connectivity index (χ1v) is 7.85. The van der Waals surface area contributed by atoms with E-state index in [-0.39, 0.29) is 0 Å². The summed E-state index contributed by atoms with van der Waals surface area (Å²) in [6.07, 6.45) is -2.17. The van der Waals surface area contributed by atoms with E-state index in [1.165, 1.54) is 12.1 Å². The maximum absolute atomic E-state index is 13.0. The van der Waals surface area contributed by atoms with Crippen molar-refractivity contribution in [2.75, 3.05) is 56.1 Å². The van der Waals surface area contributed by atoms with Gasteiger partial charge in [-0.05, 0) is 38.1 Å². The molecule has 1 aromatic rings. The van der Waals surface area contributed by atoms with Crippen LogP contribution in [-0.4, -0.2) is 51.2 Å². The molecule has 0 atom stereocenters. The highest BCUT2D eigenvalue weighted by atomic mass is 19.4. The molecule has 2 fully saturated rings. The van der Waals surface area contributed by atoms with Gasteiger partial charge in [0, 0.05) is 39.3 Å². The fourth-order valence-corrected chi connectivity index (χ4v) is 3.23. The van der Waals surface area contributed by atoms with Crippen molar-refractivity contribution in [3.63, 3.8) is 0 Å². The largest absolute Gasteiger partial charge is 0.416 e. The molecular formula is C16H22F3N3. The number of rotatable bonds is 2. The Bertz CT molecular complexity index is 516. The Hall–Kier alpha value is -1.43. The highest BCUT2D eigenvalue weighted by molar-refractivity contribution is 5.73. The number of piperazine rings is 1. The minimum Gasteiger partial charge on any atom is -0.370 e. The molecule has 3 nitrogen and oxygen atoms in total. The van der Waals surface area contributed by atoms with E-state index in [1.807, 2.05) is 0 Å². The predicted octanol–water partition coefficient (Wildman–Crippen LogP) is 3.06. The molecule has 2 aliphatic heterocycles. The third-order valence-corrected chi connectivity index (χ3v) is 4.59. The molecule has 6 heteroatoms. The minimum absolute atomic E-state index is 0.549. The Labute approximate surface area is 129 Å². The number of hydrogen-bond acceptors (Lipinski definition) is 3. The first-order chi connectivity index (χ1) is 10.4. The first kappa shape index (κ1) is 15.5. The molecule has 3 rings (SSSR count). The summed E-state index contributed by atoms with van der Waals surface area (Å²) in [5, 5.41) is 0. The van der Waals surface area contributed by atoms with Crippen molar-refractivity contribution < 1.29 is 13.2 Å². The van der Waals surface area contributed by atoms with Crippen LogP contribution in [0.25, 0.3) is 0 Å². The topological polar surface area (TPSA) is 9.72 Å². The van der Waals surface area contributed by atoms with Crippen molar-refractivity contribution in [3.8, 4) is 0 Å². The number of benzene rings is 1. The van der Waals surface area contributed by atoms with Crippen molar-refractivity contribution in [1.82, 2.24) is 4.90 Å². The summed E-state index contributed by atoms with van der Waals surface area (Å²) in [4.78, 5) is 6.56. The monoisotopic (exact) mass is 313 g/mol. The van der Waals surface area contributed by atoms with Gasteiger partial charge < -0.3 is 14.7 Å². The van der Waals surface area contributed by atoms with Crippen molar-refractivity contribution in [1.29, 1.82) is 0 Å². The second-order valence-electron chi connectivity index (χ2n) is 6.19. The van der Waals surface area contributed by atoms with Crippen LogP contribution in [-0.2, 0) is 6.18 Å². The fraction of sp³-hybridized carbons (Fsp3) is 0.625. The third-order valence-electron chi connectivity index (χ3n) is 4.59. The number of hydrogen-bond donors (Lipinski definition) is 0. The molecule has 2 heterocycles. The highest BCUT2D eigenvalue weighted by Crippen LogP contribution is 2.38. The molecule has 0 saturated carbocycles. The van der Waals surface area contributed by atoms with Gasteiger partial charge in [0.25, 0.3) is 0 Å². The molecule has 0 bridgehead atoms. The van der Waals surface area contributed by atoms with E-state index in [1.54, 1.807) is 6.07 Å². The van der Waals surface area contributed by atoms with Gasteiger partial charge in [0.2, 0.25) is 0 Å². The van der Waals surface area contributed by atoms with Gasteiger partial charge in [-0.15, -0.1) is 0 Å². The van der Waals surface area contributed by atoms with Gasteiger partial charge >= 0.3 is 6.18 Å². The molecule has 0 amide bonds. The van der Waals surface area contributed by atoms with Gasteiger partial charge in [-0.25, -0.2) is 0 Å². The standard InChI is InChI=1S/C16H22F3N3/c1-20-8-10-22(11-9-20)14-5-4-13(16(17,18)19)12-15(14)21-6-2-3-7-21/h4-5,12H,2-3,6-11H2,1H3. The van der Waals surface area contributed by atoms with E-state index in [9.17, 15) is 13.2 Å². The average molecular weight is 313 g/mol. The molecule has 22 heavy (non-hydrogen) atoms. The van der Waals surface area contributed by atoms with Crippen molar-refractivity contribution in [2.24, 2.45) is 0 Å². The number of alkyl halides is 3. The van der Waals surface area contributed by atoms with Gasteiger partial charge in [-0.2, -0.15) is 13.2 Å². The normalized spacial score (nSPS) is 20.7. The first-order valence-electron chi connectivity index (χ1n) is 7.85. The maximum atomic E-state index is 13.0. The lowest BCUT2D eigenvalue weighted by Gasteiger charge is -2.36. The van der Waals surface area contributed by atoms with E-state index in [2.05, 4.69) is 21.7 Å². The minimum atomic E-state index is -4.28. The Morgan fingerprint density at radius 1 is 0.818 bits per heavy atom. The Kier molecular flexibility index (Phi) is 4.21. The number of likely N-dealkylation sites (N-methyl/N-ethyl adjacent to an activating group) is 1. The van der Waals surface area contributed by atoms with Crippen LogP contribution in [0.2, 0.25) is 0 Å². The van der Waals surface area contributed by atoms with Gasteiger partial charge in [0.1, 0.15) is 0 Å². The summed E-state index contributed by atoms with van der Waals surface area (Å²) in [6.45, 7) is 5.32. The van der Waals surface area contributed by atoms with Crippen LogP contribution in [0.15, 0.2) is 18.2 Å². The van der Waals surface area contributed by atoms with Gasteiger partial charge in [0.05, 0.1) is 16.9 Å². The van der Waals surface area contributed by atoms with Crippen molar-refractivity contribution in [3.05, 3.63) is 23.8 Å². The maximum Gasteiger partial charge on any atom is 0.416 e. The van der Waals surface area contributed by atoms with E-state index < -0.39 is 11.7 Å². The Balaban J connectivity index is 1.94. The van der Waals surface area contributed by atoms with Crippen LogP contribution < -0.4 is 9.80 Å². The van der Waals surface area contributed by atoms with Crippen LogP contribution in [0, 0.1) is 0 Å². The zero-order chi connectivity index (χ0) is 15.7. The van der Waals surface area contributed by atoms with E-state index in [0.29, 0.717) is 0 Å². The summed E-state index contributed by atoms with van der Waals surface area (Å²) >= 11 is 0. The van der Waals surface area contributed by atoms with Gasteiger partial charge in [-0.3, -0.25) is 0 Å². The van der Waals surface area contributed by atoms with Crippen LogP contribution in [0.1, 0.15) is 18.4 Å². The van der Waals surface area contributed by atoms with Crippen LogP contribution >= 0.6 is 0 Å². The smallest absolute Gasteiger partial charge is 0.370 e. The lowest BCUT2D eigenvalue weighted by Crippen LogP contribution is -2.45. The predicted molar refractivity (Wildman–Crippen MR) is 82.6 cm³/mol. The molecule has 0 N–H and O–H groups in total. The number of nitrogens with zero attached hydrogens (tertiary/aromatic N) is 3. The fourth-order valence-electron chi connectivity index (χ4n) is 3.23. The Morgan fingerprint density at radius 3 is 2.00 bits per heavy atom. The molecule has 1 aromatic carbocycles. The van der Waals surface area contributed by atoms with Crippen molar-refractivity contribution in [2.45, 2.75) is 19.0 Å². The zero-order valence-electron chi connectivity index (χ0n) is 12.9. The second-order valence-corrected chi connectivity index (χ2v) is 6.19. The number of anilines is 2. The molecule has 0 unspecified atom stereocenters. The van der Waals surface area contributed by atoms with E-state index in [4.69, 9.17) is 0 Å². The lowest BCUT2D eigenvalue weighted by atomic mass is 10.1. The number of halogens is 3. The molecule has 0 aliphatic carbocycles. The Morgan fingerprint density at radius 2 is 1.41 bits per heavy atom. The van der Waals surface area contributed by atoms with Crippen LogP contribution in [0.3, 0.4) is 0 Å². The summed E-state index contributed by atoms with van der Waals surface area (Å²) in [5.74, 6) is 0. The highest BCUT2D eigenvalue weighted by Gasteiger charge is 2.32. The van der Waals surface area contributed by atoms with Crippen LogP contribution in [0.5, 0.6) is 0 Å². The summed E-state index contributed by atoms with van der Waals surface area (Å²) < 4.78 is 39.1. The van der Waals surface area contributed by atoms with Crippen molar-refractivity contribution >= 4 is 11.4 Å².